The molecule has 1 aliphatic rings. The van der Waals surface area contributed by atoms with Crippen LogP contribution in [0.25, 0.3) is 0 Å². The molecule has 0 saturated carbocycles. The highest BCUT2D eigenvalue weighted by Gasteiger charge is 2.28. The summed E-state index contributed by atoms with van der Waals surface area (Å²) in [5.74, 6) is -0.124. The van der Waals surface area contributed by atoms with Crippen LogP contribution in [-0.4, -0.2) is 28.6 Å². The van der Waals surface area contributed by atoms with Crippen molar-refractivity contribution in [3.8, 4) is 5.75 Å². The third-order valence-corrected chi connectivity index (χ3v) is 5.21. The van der Waals surface area contributed by atoms with Gasteiger partial charge < -0.3 is 15.0 Å². The maximum atomic E-state index is 13.1. The minimum atomic E-state index is -0.624. The number of nitrogens with zero attached hydrogens (tertiary/aromatic N) is 1. The van der Waals surface area contributed by atoms with Crippen LogP contribution in [0.15, 0.2) is 72.8 Å². The van der Waals surface area contributed by atoms with E-state index in [9.17, 15) is 9.59 Å². The van der Waals surface area contributed by atoms with Crippen LogP contribution in [0.1, 0.15) is 33.2 Å². The van der Waals surface area contributed by atoms with E-state index in [0.29, 0.717) is 24.5 Å². The zero-order chi connectivity index (χ0) is 21.8. The Morgan fingerprint density at radius 2 is 1.77 bits per heavy atom. The largest absolute Gasteiger partial charge is 0.483 e. The molecule has 0 fully saturated rings. The molecule has 7 heteroatoms. The number of carbonyl (C=O) groups excluding carboxylic acids is 2. The highest BCUT2D eigenvalue weighted by molar-refractivity contribution is 5.94. The summed E-state index contributed by atoms with van der Waals surface area (Å²) in [5, 5.41) is 11.9. The first-order valence-corrected chi connectivity index (χ1v) is 9.95. The van der Waals surface area contributed by atoms with Gasteiger partial charge in [-0.2, -0.15) is 0 Å². The maximum Gasteiger partial charge on any atom is 0.322 e. The summed E-state index contributed by atoms with van der Waals surface area (Å²) in [4.78, 5) is 26.6. The van der Waals surface area contributed by atoms with E-state index in [2.05, 4.69) is 5.32 Å². The van der Waals surface area contributed by atoms with Crippen LogP contribution in [0.5, 0.6) is 5.75 Å². The lowest BCUT2D eigenvalue weighted by molar-refractivity contribution is 0.0705. The molecule has 0 radical (unpaired) electrons. The smallest absolute Gasteiger partial charge is 0.322 e. The first-order chi connectivity index (χ1) is 15.0. The van der Waals surface area contributed by atoms with Crippen molar-refractivity contribution in [1.82, 2.24) is 10.4 Å². The average molecular weight is 417 g/mol. The number of carbonyl (C=O) groups is 2. The second-order valence-corrected chi connectivity index (χ2v) is 7.46. The lowest BCUT2D eigenvalue weighted by Crippen LogP contribution is -2.37. The predicted octanol–water partition coefficient (Wildman–Crippen LogP) is 4.28. The number of benzene rings is 3. The fourth-order valence-corrected chi connectivity index (χ4v) is 3.50. The highest BCUT2D eigenvalue weighted by Crippen LogP contribution is 2.32. The summed E-state index contributed by atoms with van der Waals surface area (Å²) in [6, 6.07) is 21.9. The van der Waals surface area contributed by atoms with Crippen molar-refractivity contribution < 1.29 is 19.5 Å². The van der Waals surface area contributed by atoms with Crippen molar-refractivity contribution >= 4 is 17.6 Å². The number of ether oxygens (including phenoxy) is 1. The Hall–Kier alpha value is -3.84. The third kappa shape index (κ3) is 4.67. The molecule has 0 unspecified atom stereocenters. The number of amides is 3. The molecule has 1 atom stereocenters. The molecule has 3 N–H and O–H groups in total. The van der Waals surface area contributed by atoms with E-state index in [-0.39, 0.29) is 11.6 Å². The Morgan fingerprint density at radius 1 is 1.03 bits per heavy atom. The zero-order valence-electron chi connectivity index (χ0n) is 17.0. The van der Waals surface area contributed by atoms with Crippen molar-refractivity contribution in [2.75, 3.05) is 11.9 Å². The van der Waals surface area contributed by atoms with Crippen LogP contribution in [0.3, 0.4) is 0 Å². The summed E-state index contributed by atoms with van der Waals surface area (Å²) in [6.45, 7) is 2.64. The molecule has 0 aliphatic carbocycles. The number of hydroxylamine groups is 1. The van der Waals surface area contributed by atoms with Gasteiger partial charge in [0.05, 0.1) is 13.1 Å². The SMILES string of the molecule is Cc1ccc(NC(=O)N2Cc3ccc(C(=O)NO)cc3O[C@@H](c3ccccc3)C2)cc1. The van der Waals surface area contributed by atoms with Crippen LogP contribution in [0.2, 0.25) is 0 Å². The Morgan fingerprint density at radius 3 is 2.48 bits per heavy atom. The van der Waals surface area contributed by atoms with Crippen molar-refractivity contribution in [2.24, 2.45) is 0 Å². The van der Waals surface area contributed by atoms with E-state index >= 15 is 0 Å². The number of hydrogen-bond acceptors (Lipinski definition) is 4. The van der Waals surface area contributed by atoms with Gasteiger partial charge in [-0.05, 0) is 36.8 Å². The number of hydrogen-bond donors (Lipinski definition) is 3. The number of rotatable bonds is 3. The van der Waals surface area contributed by atoms with Crippen molar-refractivity contribution in [3.05, 3.63) is 95.1 Å². The van der Waals surface area contributed by atoms with E-state index in [4.69, 9.17) is 9.94 Å². The molecule has 7 nitrogen and oxygen atoms in total. The van der Waals surface area contributed by atoms with Gasteiger partial charge in [0, 0.05) is 16.8 Å². The molecule has 3 amide bonds. The van der Waals surface area contributed by atoms with Gasteiger partial charge in [-0.1, -0.05) is 54.1 Å². The number of fused-ring (bicyclic) bond motifs is 1. The third-order valence-electron chi connectivity index (χ3n) is 5.21. The minimum absolute atomic E-state index is 0.238. The zero-order valence-corrected chi connectivity index (χ0v) is 17.0. The van der Waals surface area contributed by atoms with E-state index in [0.717, 1.165) is 16.7 Å². The second-order valence-electron chi connectivity index (χ2n) is 7.46. The van der Waals surface area contributed by atoms with E-state index in [1.165, 1.54) is 0 Å². The monoisotopic (exact) mass is 417 g/mol. The Kier molecular flexibility index (Phi) is 5.86. The summed E-state index contributed by atoms with van der Waals surface area (Å²) in [7, 11) is 0. The second kappa shape index (κ2) is 8.89. The molecule has 3 aromatic rings. The number of anilines is 1. The Bertz CT molecular complexity index is 1080. The fraction of sp³-hybridized carbons (Fsp3) is 0.167. The van der Waals surface area contributed by atoms with Gasteiger partial charge in [-0.15, -0.1) is 0 Å². The molecule has 0 aromatic heterocycles. The van der Waals surface area contributed by atoms with Crippen LogP contribution >= 0.6 is 0 Å². The van der Waals surface area contributed by atoms with Gasteiger partial charge in [0.25, 0.3) is 5.91 Å². The van der Waals surface area contributed by atoms with Crippen molar-refractivity contribution in [2.45, 2.75) is 19.6 Å². The number of nitrogens with one attached hydrogen (secondary N) is 2. The van der Waals surface area contributed by atoms with Crippen LogP contribution < -0.4 is 15.5 Å². The van der Waals surface area contributed by atoms with Crippen LogP contribution in [0.4, 0.5) is 10.5 Å². The highest BCUT2D eigenvalue weighted by atomic mass is 16.5. The van der Waals surface area contributed by atoms with Gasteiger partial charge in [0.15, 0.2) is 0 Å². The molecule has 1 aliphatic heterocycles. The summed E-state index contributed by atoms with van der Waals surface area (Å²) in [6.07, 6.45) is -0.418. The summed E-state index contributed by atoms with van der Waals surface area (Å²) >= 11 is 0. The molecular weight excluding hydrogens is 394 g/mol. The number of aryl methyl sites for hydroxylation is 1. The lowest BCUT2D eigenvalue weighted by atomic mass is 10.1. The molecule has 31 heavy (non-hydrogen) atoms. The molecule has 0 bridgehead atoms. The van der Waals surface area contributed by atoms with Gasteiger partial charge >= 0.3 is 6.03 Å². The van der Waals surface area contributed by atoms with E-state index in [1.54, 1.807) is 28.6 Å². The molecule has 0 saturated heterocycles. The average Bonchev–Trinajstić information content (AvgIpc) is 3.00. The molecular formula is C24H23N3O4. The summed E-state index contributed by atoms with van der Waals surface area (Å²) < 4.78 is 6.24. The molecule has 0 spiro atoms. The topological polar surface area (TPSA) is 90.9 Å². The lowest BCUT2D eigenvalue weighted by Gasteiger charge is -2.24. The first kappa shape index (κ1) is 20.4. The minimum Gasteiger partial charge on any atom is -0.483 e. The fourth-order valence-electron chi connectivity index (χ4n) is 3.50. The Labute approximate surface area is 180 Å². The molecule has 158 valence electrons. The Balaban J connectivity index is 1.65. The number of urea groups is 1. The first-order valence-electron chi connectivity index (χ1n) is 9.95. The van der Waals surface area contributed by atoms with Crippen LogP contribution in [-0.2, 0) is 6.54 Å². The normalized spacial score (nSPS) is 15.3. The van der Waals surface area contributed by atoms with E-state index in [1.807, 2.05) is 61.5 Å². The molecule has 1 heterocycles. The molecule has 4 rings (SSSR count). The standard InChI is InChI=1S/C24H23N3O4/c1-16-7-11-20(12-8-16)25-24(29)27-14-19-10-9-18(23(28)26-30)13-21(19)31-22(15-27)17-5-3-2-4-6-17/h2-13,22,30H,14-15H2,1H3,(H,25,29)(H,26,28)/t22-/m1/s1. The summed E-state index contributed by atoms with van der Waals surface area (Å²) in [5.41, 5.74) is 5.42. The van der Waals surface area contributed by atoms with Gasteiger partial charge in [0.1, 0.15) is 11.9 Å². The van der Waals surface area contributed by atoms with Crippen molar-refractivity contribution in [1.29, 1.82) is 0 Å². The van der Waals surface area contributed by atoms with Gasteiger partial charge in [-0.3, -0.25) is 10.0 Å². The van der Waals surface area contributed by atoms with Gasteiger partial charge in [0.2, 0.25) is 0 Å². The van der Waals surface area contributed by atoms with E-state index < -0.39 is 12.0 Å². The predicted molar refractivity (Wildman–Crippen MR) is 116 cm³/mol. The quantitative estimate of drug-likeness (QED) is 0.438. The van der Waals surface area contributed by atoms with Crippen LogP contribution in [0, 0.1) is 6.92 Å². The molecule has 3 aromatic carbocycles. The maximum absolute atomic E-state index is 13.1. The van der Waals surface area contributed by atoms with Crippen molar-refractivity contribution in [3.63, 3.8) is 0 Å². The van der Waals surface area contributed by atoms with Gasteiger partial charge in [-0.25, -0.2) is 10.3 Å².